The second-order valence-electron chi connectivity index (χ2n) is 4.80. The molecule has 0 saturated heterocycles. The van der Waals surface area contributed by atoms with Gasteiger partial charge in [-0.2, -0.15) is 5.10 Å². The van der Waals surface area contributed by atoms with Crippen molar-refractivity contribution in [2.24, 2.45) is 0 Å². The third kappa shape index (κ3) is 2.26. The molecule has 1 heterocycles. The predicted octanol–water partition coefficient (Wildman–Crippen LogP) is 4.76. The second kappa shape index (κ2) is 4.80. The Balaban J connectivity index is 2.17. The van der Waals surface area contributed by atoms with Crippen molar-refractivity contribution in [3.05, 3.63) is 45.4 Å². The summed E-state index contributed by atoms with van der Waals surface area (Å²) in [5, 5.41) is 4.96. The molecule has 1 saturated carbocycles. The van der Waals surface area contributed by atoms with Crippen LogP contribution in [-0.2, 0) is 6.42 Å². The number of aromatic nitrogens is 2. The van der Waals surface area contributed by atoms with Crippen molar-refractivity contribution in [3.8, 4) is 5.69 Å². The molecule has 1 aromatic carbocycles. The Hall–Kier alpha value is -1.06. The molecule has 0 atom stereocenters. The summed E-state index contributed by atoms with van der Waals surface area (Å²) in [5.74, 6) is 0.174. The summed E-state index contributed by atoms with van der Waals surface area (Å²) >= 11 is 12.2. The number of benzene rings is 1. The average molecular weight is 299 g/mol. The summed E-state index contributed by atoms with van der Waals surface area (Å²) in [7, 11) is 0. The molecular weight excluding hydrogens is 286 g/mol. The van der Waals surface area contributed by atoms with Crippen LogP contribution in [0.1, 0.15) is 36.9 Å². The molecular formula is C14H13Cl2FN2. The van der Waals surface area contributed by atoms with Crippen molar-refractivity contribution >= 4 is 23.2 Å². The first-order valence-corrected chi connectivity index (χ1v) is 7.09. The van der Waals surface area contributed by atoms with Crippen LogP contribution in [0.25, 0.3) is 5.69 Å². The van der Waals surface area contributed by atoms with Gasteiger partial charge in [-0.1, -0.05) is 30.1 Å². The Bertz CT molecular complexity index is 609. The zero-order chi connectivity index (χ0) is 13.6. The highest BCUT2D eigenvalue weighted by atomic mass is 35.5. The molecule has 100 valence electrons. The Morgan fingerprint density at radius 3 is 2.47 bits per heavy atom. The van der Waals surface area contributed by atoms with E-state index in [9.17, 15) is 4.39 Å². The molecule has 19 heavy (non-hydrogen) atoms. The van der Waals surface area contributed by atoms with Crippen LogP contribution in [0.4, 0.5) is 4.39 Å². The van der Waals surface area contributed by atoms with E-state index >= 15 is 0 Å². The molecule has 1 aliphatic carbocycles. The number of rotatable bonds is 3. The minimum absolute atomic E-state index is 0.283. The summed E-state index contributed by atoms with van der Waals surface area (Å²) in [4.78, 5) is 0. The van der Waals surface area contributed by atoms with Gasteiger partial charge in [-0.3, -0.25) is 0 Å². The van der Waals surface area contributed by atoms with Gasteiger partial charge in [-0.05, 0) is 42.9 Å². The van der Waals surface area contributed by atoms with Crippen LogP contribution in [0.15, 0.2) is 18.3 Å². The second-order valence-corrected chi connectivity index (χ2v) is 5.62. The molecule has 0 N–H and O–H groups in total. The molecule has 0 unspecified atom stereocenters. The van der Waals surface area contributed by atoms with E-state index in [0.29, 0.717) is 11.6 Å². The van der Waals surface area contributed by atoms with E-state index in [-0.39, 0.29) is 10.0 Å². The predicted molar refractivity (Wildman–Crippen MR) is 74.9 cm³/mol. The van der Waals surface area contributed by atoms with Crippen LogP contribution in [0.2, 0.25) is 10.0 Å². The Morgan fingerprint density at radius 2 is 1.95 bits per heavy atom. The van der Waals surface area contributed by atoms with E-state index < -0.39 is 5.82 Å². The van der Waals surface area contributed by atoms with Gasteiger partial charge in [-0.15, -0.1) is 0 Å². The molecule has 0 bridgehead atoms. The maximum absolute atomic E-state index is 13.3. The van der Waals surface area contributed by atoms with E-state index in [2.05, 4.69) is 12.0 Å². The smallest absolute Gasteiger partial charge is 0.126 e. The van der Waals surface area contributed by atoms with E-state index in [1.54, 1.807) is 4.68 Å². The summed E-state index contributed by atoms with van der Waals surface area (Å²) in [6.45, 7) is 2.07. The Kier molecular flexibility index (Phi) is 3.27. The van der Waals surface area contributed by atoms with Gasteiger partial charge in [-0.25, -0.2) is 9.07 Å². The third-order valence-electron chi connectivity index (χ3n) is 3.45. The number of halogens is 3. The highest BCUT2D eigenvalue weighted by Gasteiger charge is 2.29. The normalized spacial score (nSPS) is 14.9. The first kappa shape index (κ1) is 12.9. The number of nitrogens with zero attached hydrogens (tertiary/aromatic N) is 2. The third-order valence-corrected chi connectivity index (χ3v) is 4.02. The molecule has 1 fully saturated rings. The van der Waals surface area contributed by atoms with Crippen LogP contribution in [0.3, 0.4) is 0 Å². The molecule has 1 aliphatic rings. The molecule has 0 spiro atoms. The van der Waals surface area contributed by atoms with Gasteiger partial charge in [0.05, 0.1) is 16.2 Å². The molecule has 2 aromatic rings. The number of hydrogen-bond acceptors (Lipinski definition) is 1. The van der Waals surface area contributed by atoms with Crippen molar-refractivity contribution in [3.63, 3.8) is 0 Å². The quantitative estimate of drug-likeness (QED) is 0.799. The Labute approximate surface area is 121 Å². The highest BCUT2D eigenvalue weighted by Crippen LogP contribution is 2.43. The largest absolute Gasteiger partial charge is 0.234 e. The zero-order valence-corrected chi connectivity index (χ0v) is 12.0. The lowest BCUT2D eigenvalue weighted by Crippen LogP contribution is -2.04. The van der Waals surface area contributed by atoms with Crippen LogP contribution in [-0.4, -0.2) is 9.78 Å². The van der Waals surface area contributed by atoms with Crippen LogP contribution < -0.4 is 0 Å². The Morgan fingerprint density at radius 1 is 1.32 bits per heavy atom. The van der Waals surface area contributed by atoms with Crippen molar-refractivity contribution < 1.29 is 4.39 Å². The van der Waals surface area contributed by atoms with Gasteiger partial charge in [0.15, 0.2) is 0 Å². The fourth-order valence-corrected chi connectivity index (χ4v) is 3.03. The summed E-state index contributed by atoms with van der Waals surface area (Å²) in [6, 6.07) is 2.53. The zero-order valence-electron chi connectivity index (χ0n) is 10.5. The topological polar surface area (TPSA) is 17.8 Å². The summed E-state index contributed by atoms with van der Waals surface area (Å²) in [6.07, 6.45) is 5.15. The van der Waals surface area contributed by atoms with Crippen molar-refractivity contribution in [1.82, 2.24) is 9.78 Å². The lowest BCUT2D eigenvalue weighted by molar-refractivity contribution is 0.627. The molecule has 0 radical (unpaired) electrons. The van der Waals surface area contributed by atoms with Gasteiger partial charge in [0, 0.05) is 5.69 Å². The van der Waals surface area contributed by atoms with Crippen LogP contribution >= 0.6 is 23.2 Å². The molecule has 3 rings (SSSR count). The maximum Gasteiger partial charge on any atom is 0.126 e. The van der Waals surface area contributed by atoms with Gasteiger partial charge in [0.1, 0.15) is 11.5 Å². The number of hydrogen-bond donors (Lipinski definition) is 0. The van der Waals surface area contributed by atoms with E-state index in [1.807, 2.05) is 6.20 Å². The summed E-state index contributed by atoms with van der Waals surface area (Å²) < 4.78 is 15.0. The fourth-order valence-electron chi connectivity index (χ4n) is 2.41. The van der Waals surface area contributed by atoms with Gasteiger partial charge in [0.25, 0.3) is 0 Å². The molecule has 2 nitrogen and oxygen atoms in total. The van der Waals surface area contributed by atoms with E-state index in [4.69, 9.17) is 23.2 Å². The molecule has 1 aromatic heterocycles. The highest BCUT2D eigenvalue weighted by molar-refractivity contribution is 6.37. The van der Waals surface area contributed by atoms with Crippen LogP contribution in [0.5, 0.6) is 0 Å². The van der Waals surface area contributed by atoms with Crippen molar-refractivity contribution in [2.45, 2.75) is 32.1 Å². The average Bonchev–Trinajstić information content (AvgIpc) is 3.09. The maximum atomic E-state index is 13.3. The molecule has 0 amide bonds. The minimum atomic E-state index is -0.439. The van der Waals surface area contributed by atoms with Gasteiger partial charge >= 0.3 is 0 Å². The monoisotopic (exact) mass is 298 g/mol. The lowest BCUT2D eigenvalue weighted by Gasteiger charge is -2.11. The van der Waals surface area contributed by atoms with E-state index in [0.717, 1.165) is 12.1 Å². The summed E-state index contributed by atoms with van der Waals surface area (Å²) in [5.41, 5.74) is 2.94. The molecule has 0 aliphatic heterocycles. The first-order valence-electron chi connectivity index (χ1n) is 6.33. The first-order chi connectivity index (χ1) is 9.11. The van der Waals surface area contributed by atoms with Crippen molar-refractivity contribution in [2.75, 3.05) is 0 Å². The van der Waals surface area contributed by atoms with Gasteiger partial charge in [0.2, 0.25) is 0 Å². The van der Waals surface area contributed by atoms with Crippen molar-refractivity contribution in [1.29, 1.82) is 0 Å². The lowest BCUT2D eigenvalue weighted by atomic mass is 10.1. The van der Waals surface area contributed by atoms with E-state index in [1.165, 1.54) is 30.5 Å². The SMILES string of the molecule is CCc1c(C2CC2)cnn1-c1c(Cl)cc(F)cc1Cl. The fraction of sp³-hybridized carbons (Fsp3) is 0.357. The molecule has 5 heteroatoms. The standard InChI is InChI=1S/C14H13Cl2FN2/c1-2-13-10(8-3-4-8)7-18-19(13)14-11(15)5-9(17)6-12(14)16/h5-8H,2-4H2,1H3. The minimum Gasteiger partial charge on any atom is -0.234 e. The van der Waals surface area contributed by atoms with Gasteiger partial charge < -0.3 is 0 Å². The van der Waals surface area contributed by atoms with Crippen LogP contribution in [0, 0.1) is 5.82 Å².